The van der Waals surface area contributed by atoms with E-state index in [0.717, 1.165) is 27.6 Å². The summed E-state index contributed by atoms with van der Waals surface area (Å²) in [7, 11) is 0. The van der Waals surface area contributed by atoms with Gasteiger partial charge < -0.3 is 13.6 Å². The highest BCUT2D eigenvalue weighted by Crippen LogP contribution is 2.45. The Balaban J connectivity index is 1.08. The summed E-state index contributed by atoms with van der Waals surface area (Å²) in [4.78, 5) is 0. The maximum Gasteiger partial charge on any atom is 0.159 e. The molecule has 0 radical (unpaired) electrons. The van der Waals surface area contributed by atoms with E-state index in [9.17, 15) is 0 Å². The second-order valence-corrected chi connectivity index (χ2v) is 15.5. The molecular weight excluding hydrogens is 677 g/mol. The highest BCUT2D eigenvalue weighted by molar-refractivity contribution is 7.26. The smallest absolute Gasteiger partial charge is 0.159 e. The molecule has 0 amide bonds. The highest BCUT2D eigenvalue weighted by atomic mass is 32.1. The molecule has 54 heavy (non-hydrogen) atoms. The molecule has 0 fully saturated rings. The number of hydrogen-bond acceptors (Lipinski definition) is 2. The van der Waals surface area contributed by atoms with Crippen LogP contribution in [0, 0.1) is 0 Å². The average molecular weight is 705 g/mol. The summed E-state index contributed by atoms with van der Waals surface area (Å²) in [6.45, 7) is 0. The quantitative estimate of drug-likeness (QED) is 0.168. The van der Waals surface area contributed by atoms with Gasteiger partial charge in [-0.15, -0.1) is 11.3 Å². The van der Waals surface area contributed by atoms with Crippen LogP contribution in [0.5, 0.6) is 0 Å². The van der Waals surface area contributed by atoms with E-state index < -0.39 is 0 Å². The van der Waals surface area contributed by atoms with Gasteiger partial charge in [0.1, 0.15) is 5.58 Å². The summed E-state index contributed by atoms with van der Waals surface area (Å²) in [5.41, 5.74) is 11.3. The first-order valence-corrected chi connectivity index (χ1v) is 19.2. The topological polar surface area (TPSA) is 23.0 Å². The number of hydrogen-bond donors (Lipinski definition) is 0. The fourth-order valence-electron chi connectivity index (χ4n) is 9.35. The van der Waals surface area contributed by atoms with Gasteiger partial charge in [-0.3, -0.25) is 0 Å². The Morgan fingerprint density at radius 1 is 0.389 bits per heavy atom. The Bertz CT molecular complexity index is 3690. The number of para-hydroxylation sites is 3. The molecule has 13 aromatic rings. The summed E-state index contributed by atoms with van der Waals surface area (Å²) in [6.07, 6.45) is 0. The van der Waals surface area contributed by atoms with Crippen LogP contribution in [0.15, 0.2) is 174 Å². The summed E-state index contributed by atoms with van der Waals surface area (Å²) < 4.78 is 14.2. The lowest BCUT2D eigenvalue weighted by Crippen LogP contribution is -1.95. The molecular formula is C50H28N2OS. The van der Waals surface area contributed by atoms with Crippen LogP contribution in [-0.2, 0) is 0 Å². The summed E-state index contributed by atoms with van der Waals surface area (Å²) in [5, 5.41) is 12.5. The monoisotopic (exact) mass is 704 g/mol. The first-order chi connectivity index (χ1) is 26.8. The van der Waals surface area contributed by atoms with Gasteiger partial charge in [0.2, 0.25) is 0 Å². The van der Waals surface area contributed by atoms with Gasteiger partial charge in [0.25, 0.3) is 0 Å². The molecule has 0 aliphatic heterocycles. The van der Waals surface area contributed by atoms with E-state index in [0.29, 0.717) is 0 Å². The van der Waals surface area contributed by atoms with Crippen molar-refractivity contribution in [2.24, 2.45) is 0 Å². The van der Waals surface area contributed by atoms with Gasteiger partial charge in [-0.25, -0.2) is 0 Å². The Morgan fingerprint density at radius 3 is 2.02 bits per heavy atom. The summed E-state index contributed by atoms with van der Waals surface area (Å²) in [6, 6.07) is 62.2. The summed E-state index contributed by atoms with van der Waals surface area (Å²) in [5.74, 6) is 0. The molecule has 0 unspecified atom stereocenters. The normalized spacial score (nSPS) is 12.4. The molecule has 4 heteroatoms. The molecule has 9 aromatic carbocycles. The van der Waals surface area contributed by atoms with Crippen LogP contribution in [-0.4, -0.2) is 9.13 Å². The van der Waals surface area contributed by atoms with Gasteiger partial charge in [-0.1, -0.05) is 109 Å². The number of nitrogens with zero attached hydrogens (tertiary/aromatic N) is 2. The minimum absolute atomic E-state index is 0.907. The van der Waals surface area contributed by atoms with Crippen LogP contribution in [0.3, 0.4) is 0 Å². The molecule has 0 saturated carbocycles. The predicted octanol–water partition coefficient (Wildman–Crippen LogP) is 14.4. The molecule has 0 atom stereocenters. The maximum absolute atomic E-state index is 6.63. The molecule has 0 aliphatic carbocycles. The molecule has 3 nitrogen and oxygen atoms in total. The van der Waals surface area contributed by atoms with Crippen LogP contribution in [0.4, 0.5) is 0 Å². The lowest BCUT2D eigenvalue weighted by Gasteiger charge is -2.11. The molecule has 4 aromatic heterocycles. The van der Waals surface area contributed by atoms with Crippen molar-refractivity contribution in [3.8, 4) is 22.5 Å². The third-order valence-corrected chi connectivity index (χ3v) is 12.9. The standard InChI is InChI=1S/C50H28N2OS/c1-4-16-39-33(11-1)38-27-30(24-25-40(38)51(39)43-19-9-15-37-35-13-3-6-21-46(35)54-50(37)43)32-26-31-23-22-29-10-7-17-41-47(29)48(31)44(28-32)52(41)42-18-8-14-36-34-12-2-5-20-45(34)53-49(36)42/h1-28H. The van der Waals surface area contributed by atoms with Crippen molar-refractivity contribution in [3.63, 3.8) is 0 Å². The van der Waals surface area contributed by atoms with Crippen molar-refractivity contribution in [2.75, 3.05) is 0 Å². The zero-order valence-electron chi connectivity index (χ0n) is 28.9. The zero-order valence-corrected chi connectivity index (χ0v) is 29.7. The number of rotatable bonds is 3. The first kappa shape index (κ1) is 28.7. The SMILES string of the molecule is c1ccc2c(c1)oc1c(-n3c4cccc5ccc6cc(-c7ccc8c(c7)c7ccccc7n8-c7cccc8c7sc7ccccc78)cc3c6c54)cccc12. The number of aromatic nitrogens is 2. The molecule has 0 bridgehead atoms. The Kier molecular flexibility index (Phi) is 5.51. The van der Waals surface area contributed by atoms with E-state index in [1.165, 1.54) is 91.4 Å². The van der Waals surface area contributed by atoms with Crippen LogP contribution < -0.4 is 0 Å². The van der Waals surface area contributed by atoms with Crippen LogP contribution in [0.25, 0.3) is 119 Å². The van der Waals surface area contributed by atoms with Gasteiger partial charge in [-0.05, 0) is 82.6 Å². The van der Waals surface area contributed by atoms with Crippen molar-refractivity contribution >= 4 is 108 Å². The van der Waals surface area contributed by atoms with Crippen molar-refractivity contribution in [2.45, 2.75) is 0 Å². The van der Waals surface area contributed by atoms with E-state index in [-0.39, 0.29) is 0 Å². The van der Waals surface area contributed by atoms with Gasteiger partial charge in [-0.2, -0.15) is 0 Å². The van der Waals surface area contributed by atoms with Crippen LogP contribution >= 0.6 is 11.3 Å². The number of furan rings is 1. The molecule has 250 valence electrons. The van der Waals surface area contributed by atoms with Crippen molar-refractivity contribution < 1.29 is 4.42 Å². The summed E-state index contributed by atoms with van der Waals surface area (Å²) >= 11 is 1.88. The first-order valence-electron chi connectivity index (χ1n) is 18.4. The third kappa shape index (κ3) is 3.70. The Labute approximate surface area is 312 Å². The van der Waals surface area contributed by atoms with Gasteiger partial charge in [0.15, 0.2) is 5.58 Å². The molecule has 13 rings (SSSR count). The Morgan fingerprint density at radius 2 is 1.07 bits per heavy atom. The predicted molar refractivity (Wildman–Crippen MR) is 229 cm³/mol. The van der Waals surface area contributed by atoms with Crippen molar-refractivity contribution in [1.29, 1.82) is 0 Å². The number of thiophene rings is 1. The minimum Gasteiger partial charge on any atom is -0.454 e. The van der Waals surface area contributed by atoms with Crippen molar-refractivity contribution in [3.05, 3.63) is 170 Å². The van der Waals surface area contributed by atoms with Crippen LogP contribution in [0.1, 0.15) is 0 Å². The van der Waals surface area contributed by atoms with E-state index in [1.54, 1.807) is 0 Å². The second-order valence-electron chi connectivity index (χ2n) is 14.5. The van der Waals surface area contributed by atoms with E-state index in [2.05, 4.69) is 173 Å². The van der Waals surface area contributed by atoms with Crippen LogP contribution in [0.2, 0.25) is 0 Å². The highest BCUT2D eigenvalue weighted by Gasteiger charge is 2.22. The fourth-order valence-corrected chi connectivity index (χ4v) is 10.6. The van der Waals surface area contributed by atoms with Gasteiger partial charge in [0.05, 0.1) is 38.1 Å². The Hall–Kier alpha value is -6.88. The number of benzene rings is 9. The van der Waals surface area contributed by atoms with E-state index >= 15 is 0 Å². The zero-order chi connectivity index (χ0) is 35.1. The molecule has 4 heterocycles. The maximum atomic E-state index is 6.63. The molecule has 0 saturated heterocycles. The molecule has 0 aliphatic rings. The van der Waals surface area contributed by atoms with E-state index in [1.807, 2.05) is 17.4 Å². The second kappa shape index (κ2) is 10.4. The fraction of sp³-hybridized carbons (Fsp3) is 0. The van der Waals surface area contributed by atoms with Crippen molar-refractivity contribution in [1.82, 2.24) is 9.13 Å². The molecule has 0 spiro atoms. The third-order valence-electron chi connectivity index (χ3n) is 11.7. The van der Waals surface area contributed by atoms with Gasteiger partial charge in [0, 0.05) is 47.8 Å². The largest absolute Gasteiger partial charge is 0.454 e. The van der Waals surface area contributed by atoms with Gasteiger partial charge >= 0.3 is 0 Å². The lowest BCUT2D eigenvalue weighted by molar-refractivity contribution is 0.666. The minimum atomic E-state index is 0.907. The van der Waals surface area contributed by atoms with E-state index in [4.69, 9.17) is 4.42 Å². The molecule has 0 N–H and O–H groups in total. The lowest BCUT2D eigenvalue weighted by atomic mass is 9.96. The average Bonchev–Trinajstić information content (AvgIpc) is 3.98. The number of fused-ring (bicyclic) bond motifs is 9.